The third-order valence-corrected chi connectivity index (χ3v) is 6.63. The van der Waals surface area contributed by atoms with Crippen molar-refractivity contribution in [3.63, 3.8) is 0 Å². The Kier molecular flexibility index (Phi) is 5.94. The Hall–Kier alpha value is -1.62. The van der Waals surface area contributed by atoms with E-state index in [-0.39, 0.29) is 5.41 Å². The summed E-state index contributed by atoms with van der Waals surface area (Å²) in [6.07, 6.45) is 11.2. The van der Waals surface area contributed by atoms with Gasteiger partial charge in [0.25, 0.3) is 0 Å². The van der Waals surface area contributed by atoms with Crippen LogP contribution in [0.25, 0.3) is 0 Å². The number of hydrogen-bond acceptors (Lipinski definition) is 2. The normalized spacial score (nSPS) is 30.0. The molecule has 0 aliphatic heterocycles. The number of hydrogen-bond donors (Lipinski definition) is 0. The maximum Gasteiger partial charge on any atom is 0.133 e. The van der Waals surface area contributed by atoms with E-state index in [1.807, 2.05) is 0 Å². The second-order valence-corrected chi connectivity index (χ2v) is 8.22. The van der Waals surface area contributed by atoms with Gasteiger partial charge in [-0.05, 0) is 74.3 Å². The topological polar surface area (TPSA) is 40.9 Å². The summed E-state index contributed by atoms with van der Waals surface area (Å²) < 4.78 is 0. The first kappa shape index (κ1) is 18.2. The van der Waals surface area contributed by atoms with Gasteiger partial charge in [-0.2, -0.15) is 5.26 Å². The van der Waals surface area contributed by atoms with Gasteiger partial charge in [0, 0.05) is 12.8 Å². The minimum Gasteiger partial charge on any atom is -0.300 e. The van der Waals surface area contributed by atoms with Crippen molar-refractivity contribution in [1.82, 2.24) is 0 Å². The minimum atomic E-state index is -0.242. The van der Waals surface area contributed by atoms with Gasteiger partial charge >= 0.3 is 0 Å². The molecule has 0 radical (unpaired) electrons. The average Bonchev–Trinajstić information content (AvgIpc) is 2.67. The van der Waals surface area contributed by atoms with Crippen LogP contribution in [0, 0.1) is 22.7 Å². The van der Waals surface area contributed by atoms with Crippen LogP contribution in [-0.4, -0.2) is 5.78 Å². The Labute approximate surface area is 152 Å². The third kappa shape index (κ3) is 4.14. The van der Waals surface area contributed by atoms with Crippen LogP contribution in [0.1, 0.15) is 88.2 Å². The van der Waals surface area contributed by atoms with Crippen LogP contribution in [0.3, 0.4) is 0 Å². The standard InChI is InChI=1S/C23H31NO/c1-2-3-5-18-8-10-19(11-9-18)20-12-14-23(17-24,15-13-20)21-6-4-7-22(25)16-21/h8-11,20-21H,2-7,12-16H2,1H3/t20?,21-,23?/m1/s1. The minimum absolute atomic E-state index is 0.242. The van der Waals surface area contributed by atoms with Crippen LogP contribution < -0.4 is 0 Å². The largest absolute Gasteiger partial charge is 0.300 e. The number of nitriles is 1. The van der Waals surface area contributed by atoms with Crippen LogP contribution in [0.4, 0.5) is 0 Å². The second-order valence-electron chi connectivity index (χ2n) is 8.22. The molecule has 2 saturated carbocycles. The number of benzene rings is 1. The van der Waals surface area contributed by atoms with Gasteiger partial charge < -0.3 is 0 Å². The van der Waals surface area contributed by atoms with Gasteiger partial charge in [-0.15, -0.1) is 0 Å². The molecular weight excluding hydrogens is 306 g/mol. The van der Waals surface area contributed by atoms with Crippen molar-refractivity contribution >= 4 is 5.78 Å². The van der Waals surface area contributed by atoms with E-state index in [2.05, 4.69) is 37.3 Å². The number of unbranched alkanes of at least 4 members (excludes halogenated alkanes) is 1. The van der Waals surface area contributed by atoms with Crippen molar-refractivity contribution in [1.29, 1.82) is 5.26 Å². The zero-order valence-corrected chi connectivity index (χ0v) is 15.6. The lowest BCUT2D eigenvalue weighted by Gasteiger charge is -2.42. The molecule has 134 valence electrons. The molecule has 0 aromatic heterocycles. The quantitative estimate of drug-likeness (QED) is 0.665. The Balaban J connectivity index is 1.62. The highest BCUT2D eigenvalue weighted by Crippen LogP contribution is 2.50. The third-order valence-electron chi connectivity index (χ3n) is 6.63. The number of aryl methyl sites for hydroxylation is 1. The highest BCUT2D eigenvalue weighted by molar-refractivity contribution is 5.79. The van der Waals surface area contributed by atoms with Gasteiger partial charge in [0.1, 0.15) is 5.78 Å². The Bertz CT molecular complexity index is 616. The Morgan fingerprint density at radius 1 is 1.16 bits per heavy atom. The molecule has 25 heavy (non-hydrogen) atoms. The summed E-state index contributed by atoms with van der Waals surface area (Å²) in [6, 6.07) is 11.8. The van der Waals surface area contributed by atoms with Crippen LogP contribution >= 0.6 is 0 Å². The van der Waals surface area contributed by atoms with E-state index in [9.17, 15) is 10.1 Å². The molecule has 1 atom stereocenters. The maximum atomic E-state index is 11.9. The van der Waals surface area contributed by atoms with Crippen molar-refractivity contribution in [2.45, 2.75) is 83.5 Å². The summed E-state index contributed by atoms with van der Waals surface area (Å²) in [7, 11) is 0. The first-order chi connectivity index (χ1) is 12.2. The van der Waals surface area contributed by atoms with Crippen LogP contribution in [0.15, 0.2) is 24.3 Å². The monoisotopic (exact) mass is 337 g/mol. The van der Waals surface area contributed by atoms with Gasteiger partial charge in [-0.25, -0.2) is 0 Å². The Morgan fingerprint density at radius 3 is 2.48 bits per heavy atom. The predicted octanol–water partition coefficient (Wildman–Crippen LogP) is 5.96. The zero-order valence-electron chi connectivity index (χ0n) is 15.6. The average molecular weight is 338 g/mol. The predicted molar refractivity (Wildman–Crippen MR) is 101 cm³/mol. The number of ketones is 1. The summed E-state index contributed by atoms with van der Waals surface area (Å²) >= 11 is 0. The van der Waals surface area contributed by atoms with Crippen molar-refractivity contribution in [2.24, 2.45) is 11.3 Å². The fraction of sp³-hybridized carbons (Fsp3) is 0.652. The lowest BCUT2D eigenvalue weighted by molar-refractivity contribution is -0.123. The smallest absolute Gasteiger partial charge is 0.133 e. The fourth-order valence-corrected chi connectivity index (χ4v) is 4.91. The number of nitrogens with zero attached hydrogens (tertiary/aromatic N) is 1. The molecule has 2 heteroatoms. The van der Waals surface area contributed by atoms with E-state index in [0.717, 1.165) is 44.9 Å². The SMILES string of the molecule is CCCCc1ccc(C2CCC(C#N)([C@@H]3CCCC(=O)C3)CC2)cc1. The molecule has 2 nitrogen and oxygen atoms in total. The first-order valence-electron chi connectivity index (χ1n) is 10.2. The molecule has 2 aliphatic rings. The number of Topliss-reactive ketones (excluding diaryl/α,β-unsaturated/α-hetero) is 1. The van der Waals surface area contributed by atoms with Crippen molar-refractivity contribution in [2.75, 3.05) is 0 Å². The summed E-state index contributed by atoms with van der Waals surface area (Å²) in [6.45, 7) is 2.23. The molecule has 1 aromatic carbocycles. The van der Waals surface area contributed by atoms with Crippen molar-refractivity contribution in [3.8, 4) is 6.07 Å². The first-order valence-corrected chi connectivity index (χ1v) is 10.2. The van der Waals surface area contributed by atoms with Gasteiger partial charge in [-0.3, -0.25) is 4.79 Å². The molecule has 3 rings (SSSR count). The van der Waals surface area contributed by atoms with E-state index in [4.69, 9.17) is 0 Å². The lowest BCUT2D eigenvalue weighted by Crippen LogP contribution is -2.36. The molecule has 0 N–H and O–H groups in total. The van der Waals surface area contributed by atoms with E-state index < -0.39 is 0 Å². The van der Waals surface area contributed by atoms with Crippen molar-refractivity contribution in [3.05, 3.63) is 35.4 Å². The highest BCUT2D eigenvalue weighted by atomic mass is 16.1. The molecule has 0 spiro atoms. The highest BCUT2D eigenvalue weighted by Gasteiger charge is 2.43. The molecule has 0 heterocycles. The van der Waals surface area contributed by atoms with Gasteiger partial charge in [0.15, 0.2) is 0 Å². The van der Waals surface area contributed by atoms with Crippen molar-refractivity contribution < 1.29 is 4.79 Å². The molecular formula is C23H31NO. The molecule has 0 amide bonds. The molecule has 2 aliphatic carbocycles. The number of carbonyl (C=O) groups is 1. The van der Waals surface area contributed by atoms with E-state index in [1.54, 1.807) is 0 Å². The van der Waals surface area contributed by atoms with Gasteiger partial charge in [0.05, 0.1) is 11.5 Å². The number of carbonyl (C=O) groups excluding carboxylic acids is 1. The van der Waals surface area contributed by atoms with Crippen LogP contribution in [0.5, 0.6) is 0 Å². The Morgan fingerprint density at radius 2 is 1.88 bits per heavy atom. The summed E-state index contributed by atoms with van der Waals surface area (Å²) in [4.78, 5) is 11.9. The molecule has 2 fully saturated rings. The molecule has 0 bridgehead atoms. The van der Waals surface area contributed by atoms with Crippen LogP contribution in [-0.2, 0) is 11.2 Å². The lowest BCUT2D eigenvalue weighted by atomic mass is 9.60. The maximum absolute atomic E-state index is 11.9. The summed E-state index contributed by atoms with van der Waals surface area (Å²) in [5, 5.41) is 9.89. The van der Waals surface area contributed by atoms with E-state index >= 15 is 0 Å². The molecule has 1 aromatic rings. The fourth-order valence-electron chi connectivity index (χ4n) is 4.91. The van der Waals surface area contributed by atoms with Crippen LogP contribution in [0.2, 0.25) is 0 Å². The van der Waals surface area contributed by atoms with E-state index in [0.29, 0.717) is 24.0 Å². The summed E-state index contributed by atoms with van der Waals surface area (Å²) in [5.41, 5.74) is 2.63. The number of rotatable bonds is 5. The second kappa shape index (κ2) is 8.17. The van der Waals surface area contributed by atoms with Gasteiger partial charge in [0.2, 0.25) is 0 Å². The zero-order chi connectivity index (χ0) is 17.7. The summed E-state index contributed by atoms with van der Waals surface area (Å²) in [5.74, 6) is 1.26. The molecule has 0 saturated heterocycles. The molecule has 0 unspecified atom stereocenters. The van der Waals surface area contributed by atoms with E-state index in [1.165, 1.54) is 30.4 Å². The van der Waals surface area contributed by atoms with Gasteiger partial charge in [-0.1, -0.05) is 37.6 Å².